The number of aromatic nitrogens is 1. The minimum absolute atomic E-state index is 0.00721. The summed E-state index contributed by atoms with van der Waals surface area (Å²) in [6.07, 6.45) is 0. The van der Waals surface area contributed by atoms with E-state index >= 15 is 0 Å². The van der Waals surface area contributed by atoms with Gasteiger partial charge in [0.05, 0.1) is 0 Å². The van der Waals surface area contributed by atoms with Crippen LogP contribution in [-0.4, -0.2) is 24.5 Å². The van der Waals surface area contributed by atoms with E-state index in [0.717, 1.165) is 11.1 Å². The molecule has 0 atom stereocenters. The van der Waals surface area contributed by atoms with Gasteiger partial charge in [-0.25, -0.2) is 17.9 Å². The highest BCUT2D eigenvalue weighted by Crippen LogP contribution is 2.23. The lowest BCUT2D eigenvalue weighted by Crippen LogP contribution is -2.24. The van der Waals surface area contributed by atoms with Crippen LogP contribution >= 0.6 is 11.3 Å². The van der Waals surface area contributed by atoms with E-state index < -0.39 is 16.0 Å². The van der Waals surface area contributed by atoms with Crippen molar-refractivity contribution in [3.05, 3.63) is 38.8 Å². The molecule has 0 bridgehead atoms. The zero-order chi connectivity index (χ0) is 15.8. The smallest absolute Gasteiger partial charge is 0.352 e. The van der Waals surface area contributed by atoms with E-state index in [1.54, 1.807) is 6.92 Å². The second-order valence-electron chi connectivity index (χ2n) is 4.79. The number of carboxylic acid groups (broad SMARTS) is 1. The number of aromatic amines is 1. The van der Waals surface area contributed by atoms with Crippen LogP contribution in [0.15, 0.2) is 15.7 Å². The van der Waals surface area contributed by atoms with Crippen molar-refractivity contribution in [3.8, 4) is 0 Å². The molecular weight excluding hydrogens is 312 g/mol. The van der Waals surface area contributed by atoms with Crippen LogP contribution < -0.4 is 4.72 Å². The summed E-state index contributed by atoms with van der Waals surface area (Å²) in [4.78, 5) is 13.7. The van der Waals surface area contributed by atoms with E-state index in [-0.39, 0.29) is 22.7 Å². The molecule has 0 fully saturated rings. The van der Waals surface area contributed by atoms with Gasteiger partial charge in [0, 0.05) is 17.8 Å². The van der Waals surface area contributed by atoms with Gasteiger partial charge in [-0.05, 0) is 42.7 Å². The second kappa shape index (κ2) is 5.63. The highest BCUT2D eigenvalue weighted by atomic mass is 32.2. The number of sulfonamides is 1. The Labute approximate surface area is 126 Å². The Kier molecular flexibility index (Phi) is 4.22. The van der Waals surface area contributed by atoms with Crippen LogP contribution in [0.4, 0.5) is 0 Å². The topological polar surface area (TPSA) is 99.3 Å². The lowest BCUT2D eigenvalue weighted by Gasteiger charge is -2.07. The van der Waals surface area contributed by atoms with Gasteiger partial charge in [-0.2, -0.15) is 11.3 Å². The van der Waals surface area contributed by atoms with E-state index in [4.69, 9.17) is 5.11 Å². The van der Waals surface area contributed by atoms with Gasteiger partial charge >= 0.3 is 5.97 Å². The molecule has 0 unspecified atom stereocenters. The first-order valence-electron chi connectivity index (χ1n) is 6.18. The van der Waals surface area contributed by atoms with E-state index in [0.29, 0.717) is 5.69 Å². The fourth-order valence-electron chi connectivity index (χ4n) is 2.16. The first-order valence-corrected chi connectivity index (χ1v) is 8.60. The average molecular weight is 328 g/mol. The number of hydrogen-bond donors (Lipinski definition) is 3. The second-order valence-corrected chi connectivity index (χ2v) is 7.24. The standard InChI is InChI=1S/C13H16N2O4S2/c1-7-5-20-6-10(7)4-14-21(18,19)12-8(2)11(13(16)17)15-9(12)3/h5-6,14-15H,4H2,1-3H3,(H,16,17). The Morgan fingerprint density at radius 2 is 2.00 bits per heavy atom. The molecule has 2 heterocycles. The molecule has 21 heavy (non-hydrogen) atoms. The summed E-state index contributed by atoms with van der Waals surface area (Å²) in [5, 5.41) is 12.9. The molecule has 114 valence electrons. The number of nitrogens with one attached hydrogen (secondary N) is 2. The molecule has 0 radical (unpaired) electrons. The highest BCUT2D eigenvalue weighted by Gasteiger charge is 2.26. The molecule has 8 heteroatoms. The number of rotatable bonds is 5. The molecule has 0 saturated heterocycles. The van der Waals surface area contributed by atoms with Gasteiger partial charge in [0.2, 0.25) is 10.0 Å². The van der Waals surface area contributed by atoms with Gasteiger partial charge in [-0.3, -0.25) is 0 Å². The third-order valence-corrected chi connectivity index (χ3v) is 5.85. The van der Waals surface area contributed by atoms with Gasteiger partial charge < -0.3 is 10.1 Å². The van der Waals surface area contributed by atoms with Crippen LogP contribution in [0.25, 0.3) is 0 Å². The van der Waals surface area contributed by atoms with E-state index in [1.165, 1.54) is 18.3 Å². The molecule has 0 spiro atoms. The van der Waals surface area contributed by atoms with Gasteiger partial charge in [-0.15, -0.1) is 0 Å². The number of carboxylic acids is 1. The number of thiophene rings is 1. The fraction of sp³-hybridized carbons (Fsp3) is 0.308. The van der Waals surface area contributed by atoms with Crippen LogP contribution in [0.3, 0.4) is 0 Å². The SMILES string of the molecule is Cc1cscc1CNS(=O)(=O)c1c(C)[nH]c(C(=O)O)c1C. The van der Waals surface area contributed by atoms with Gasteiger partial charge in [0.15, 0.2) is 0 Å². The number of aryl methyl sites for hydroxylation is 2. The molecule has 3 N–H and O–H groups in total. The van der Waals surface area contributed by atoms with Gasteiger partial charge in [-0.1, -0.05) is 0 Å². The van der Waals surface area contributed by atoms with E-state index in [1.807, 2.05) is 17.7 Å². The fourth-order valence-corrected chi connectivity index (χ4v) is 4.47. The third kappa shape index (κ3) is 3.02. The molecule has 6 nitrogen and oxygen atoms in total. The number of aromatic carboxylic acids is 1. The Balaban J connectivity index is 2.32. The lowest BCUT2D eigenvalue weighted by atomic mass is 10.2. The van der Waals surface area contributed by atoms with Crippen LogP contribution in [0, 0.1) is 20.8 Å². The van der Waals surface area contributed by atoms with Crippen LogP contribution in [0.5, 0.6) is 0 Å². The Hall–Kier alpha value is -1.64. The first kappa shape index (κ1) is 15.7. The summed E-state index contributed by atoms with van der Waals surface area (Å²) in [5.74, 6) is -1.18. The van der Waals surface area contributed by atoms with Crippen molar-refractivity contribution < 1.29 is 18.3 Å². The largest absolute Gasteiger partial charge is 0.477 e. The lowest BCUT2D eigenvalue weighted by molar-refractivity contribution is 0.0690. The van der Waals surface area contributed by atoms with Gasteiger partial charge in [0.25, 0.3) is 0 Å². The number of hydrogen-bond acceptors (Lipinski definition) is 4. The van der Waals surface area contributed by atoms with E-state index in [9.17, 15) is 13.2 Å². The Morgan fingerprint density at radius 3 is 2.48 bits per heavy atom. The van der Waals surface area contributed by atoms with Crippen molar-refractivity contribution in [1.82, 2.24) is 9.71 Å². The minimum atomic E-state index is -3.77. The minimum Gasteiger partial charge on any atom is -0.477 e. The van der Waals surface area contributed by atoms with Crippen LogP contribution in [0.2, 0.25) is 0 Å². The molecule has 2 aromatic rings. The first-order chi connectivity index (χ1) is 9.74. The highest BCUT2D eigenvalue weighted by molar-refractivity contribution is 7.89. The van der Waals surface area contributed by atoms with Crippen molar-refractivity contribution in [2.45, 2.75) is 32.2 Å². The summed E-state index contributed by atoms with van der Waals surface area (Å²) in [6.45, 7) is 5.13. The quantitative estimate of drug-likeness (QED) is 0.783. The molecule has 0 saturated carbocycles. The third-order valence-electron chi connectivity index (χ3n) is 3.27. The molecule has 0 aliphatic rings. The summed E-state index contributed by atoms with van der Waals surface area (Å²) in [7, 11) is -3.77. The molecule has 2 rings (SSSR count). The Bertz CT molecular complexity index is 787. The van der Waals surface area contributed by atoms with Crippen molar-refractivity contribution in [1.29, 1.82) is 0 Å². The molecule has 0 aromatic carbocycles. The maximum atomic E-state index is 12.4. The van der Waals surface area contributed by atoms with Crippen LogP contribution in [-0.2, 0) is 16.6 Å². The Morgan fingerprint density at radius 1 is 1.33 bits per heavy atom. The molecule has 0 aliphatic carbocycles. The summed E-state index contributed by atoms with van der Waals surface area (Å²) in [6, 6.07) is 0. The zero-order valence-corrected chi connectivity index (χ0v) is 13.5. The molecule has 0 amide bonds. The normalized spacial score (nSPS) is 11.8. The average Bonchev–Trinajstić information content (AvgIpc) is 2.91. The maximum Gasteiger partial charge on any atom is 0.352 e. The summed E-state index contributed by atoms with van der Waals surface area (Å²) in [5.41, 5.74) is 2.37. The number of H-pyrrole nitrogens is 1. The van der Waals surface area contributed by atoms with Crippen molar-refractivity contribution >= 4 is 27.3 Å². The summed E-state index contributed by atoms with van der Waals surface area (Å²) < 4.78 is 27.3. The van der Waals surface area contributed by atoms with Gasteiger partial charge in [0.1, 0.15) is 10.6 Å². The van der Waals surface area contributed by atoms with Crippen molar-refractivity contribution in [3.63, 3.8) is 0 Å². The predicted molar refractivity (Wildman–Crippen MR) is 80.3 cm³/mol. The summed E-state index contributed by atoms with van der Waals surface area (Å²) >= 11 is 1.51. The molecule has 0 aliphatic heterocycles. The van der Waals surface area contributed by atoms with E-state index in [2.05, 4.69) is 9.71 Å². The zero-order valence-electron chi connectivity index (χ0n) is 11.9. The monoisotopic (exact) mass is 328 g/mol. The molecule has 2 aromatic heterocycles. The predicted octanol–water partition coefficient (Wildman–Crippen LogP) is 2.18. The van der Waals surface area contributed by atoms with Crippen LogP contribution in [0.1, 0.15) is 32.9 Å². The van der Waals surface area contributed by atoms with Crippen molar-refractivity contribution in [2.75, 3.05) is 0 Å². The number of carbonyl (C=O) groups is 1. The molecular formula is C13H16N2O4S2. The van der Waals surface area contributed by atoms with Crippen molar-refractivity contribution in [2.24, 2.45) is 0 Å². The maximum absolute atomic E-state index is 12.4.